The number of hydrogen-bond acceptors (Lipinski definition) is 4. The molecule has 3 amide bonds. The van der Waals surface area contributed by atoms with E-state index < -0.39 is 0 Å². The lowest BCUT2D eigenvalue weighted by Crippen LogP contribution is -2.54. The van der Waals surface area contributed by atoms with Crippen molar-refractivity contribution in [3.63, 3.8) is 0 Å². The monoisotopic (exact) mass is 453 g/mol. The van der Waals surface area contributed by atoms with Crippen LogP contribution < -0.4 is 0 Å². The van der Waals surface area contributed by atoms with E-state index in [1.807, 2.05) is 50.4 Å². The third-order valence-electron chi connectivity index (χ3n) is 6.43. The number of amides is 3. The fourth-order valence-corrected chi connectivity index (χ4v) is 5.29. The minimum absolute atomic E-state index is 0.0309. The molecular weight excluding hydrogens is 422 g/mol. The molecule has 1 unspecified atom stereocenters. The zero-order valence-corrected chi connectivity index (χ0v) is 19.3. The van der Waals surface area contributed by atoms with Crippen LogP contribution in [-0.4, -0.2) is 71.7 Å². The maximum Gasteiger partial charge on any atom is 0.263 e. The first-order valence-electron chi connectivity index (χ1n) is 11.5. The molecule has 2 saturated heterocycles. The summed E-state index contributed by atoms with van der Waals surface area (Å²) < 4.78 is 0. The van der Waals surface area contributed by atoms with E-state index >= 15 is 0 Å². The Morgan fingerprint density at radius 1 is 0.875 bits per heavy atom. The first-order valence-corrected chi connectivity index (χ1v) is 12.4. The molecule has 32 heavy (non-hydrogen) atoms. The molecule has 2 aromatic rings. The second-order valence-corrected chi connectivity index (χ2v) is 9.56. The summed E-state index contributed by atoms with van der Waals surface area (Å²) in [7, 11) is 0. The Hall–Kier alpha value is -2.67. The van der Waals surface area contributed by atoms with Crippen LogP contribution in [0.2, 0.25) is 0 Å². The highest BCUT2D eigenvalue weighted by Gasteiger charge is 2.33. The van der Waals surface area contributed by atoms with Crippen LogP contribution >= 0.6 is 11.3 Å². The Labute approximate surface area is 193 Å². The highest BCUT2D eigenvalue weighted by atomic mass is 32.1. The number of benzene rings is 1. The molecule has 0 aliphatic carbocycles. The molecule has 7 heteroatoms. The number of aryl methyl sites for hydroxylation is 1. The van der Waals surface area contributed by atoms with E-state index in [1.54, 1.807) is 0 Å². The number of carbonyl (C=O) groups excluding carboxylic acids is 3. The number of thiophene rings is 1. The van der Waals surface area contributed by atoms with Gasteiger partial charge in [0.05, 0.1) is 10.8 Å². The minimum Gasteiger partial charge on any atom is -0.339 e. The Morgan fingerprint density at radius 3 is 2.34 bits per heavy atom. The first kappa shape index (κ1) is 22.5. The molecule has 0 spiro atoms. The average molecular weight is 454 g/mol. The van der Waals surface area contributed by atoms with Crippen LogP contribution in [0.3, 0.4) is 0 Å². The number of carbonyl (C=O) groups is 3. The molecule has 0 radical (unpaired) electrons. The normalized spacial score (nSPS) is 19.1. The smallest absolute Gasteiger partial charge is 0.263 e. The molecule has 0 saturated carbocycles. The van der Waals surface area contributed by atoms with Gasteiger partial charge in [-0.3, -0.25) is 14.4 Å². The van der Waals surface area contributed by atoms with Gasteiger partial charge in [-0.05, 0) is 42.7 Å². The van der Waals surface area contributed by atoms with Gasteiger partial charge < -0.3 is 14.7 Å². The Morgan fingerprint density at radius 2 is 1.62 bits per heavy atom. The lowest BCUT2D eigenvalue weighted by atomic mass is 9.96. The van der Waals surface area contributed by atoms with Gasteiger partial charge in [-0.1, -0.05) is 36.4 Å². The van der Waals surface area contributed by atoms with Gasteiger partial charge in [-0.15, -0.1) is 11.3 Å². The van der Waals surface area contributed by atoms with Crippen molar-refractivity contribution < 1.29 is 14.4 Å². The molecule has 3 heterocycles. The third kappa shape index (κ3) is 5.57. The first-order chi connectivity index (χ1) is 15.6. The van der Waals surface area contributed by atoms with Crippen LogP contribution in [0.1, 0.15) is 40.9 Å². The molecular formula is C25H31N3O3S. The van der Waals surface area contributed by atoms with E-state index in [1.165, 1.54) is 16.9 Å². The molecule has 4 rings (SSSR count). The molecule has 1 atom stereocenters. The van der Waals surface area contributed by atoms with E-state index in [-0.39, 0.29) is 23.6 Å². The Kier molecular flexibility index (Phi) is 7.58. The Balaban J connectivity index is 1.21. The van der Waals surface area contributed by atoms with Gasteiger partial charge in [0, 0.05) is 45.7 Å². The zero-order valence-electron chi connectivity index (χ0n) is 18.4. The Bertz CT molecular complexity index is 908. The van der Waals surface area contributed by atoms with Crippen LogP contribution in [0, 0.1) is 5.92 Å². The maximum absolute atomic E-state index is 13.1. The van der Waals surface area contributed by atoms with Gasteiger partial charge in [0.1, 0.15) is 0 Å². The lowest BCUT2D eigenvalue weighted by Gasteiger charge is -2.39. The maximum atomic E-state index is 13.1. The van der Waals surface area contributed by atoms with Crippen LogP contribution in [0.5, 0.6) is 0 Å². The second kappa shape index (κ2) is 10.8. The molecule has 6 nitrogen and oxygen atoms in total. The molecule has 0 N–H and O–H groups in total. The predicted molar refractivity (Wildman–Crippen MR) is 125 cm³/mol. The third-order valence-corrected chi connectivity index (χ3v) is 7.29. The molecule has 2 fully saturated rings. The van der Waals surface area contributed by atoms with Gasteiger partial charge in [-0.2, -0.15) is 0 Å². The largest absolute Gasteiger partial charge is 0.339 e. The number of piperidine rings is 1. The fraction of sp³-hybridized carbons (Fsp3) is 0.480. The SMILES string of the molecule is O=C(CCCc1ccccc1)N1CCN(C(=O)C2CCCN(C(=O)c3cccs3)C2)CC1. The van der Waals surface area contributed by atoms with Crippen LogP contribution in [-0.2, 0) is 16.0 Å². The summed E-state index contributed by atoms with van der Waals surface area (Å²) in [5, 5.41) is 1.91. The standard InChI is InChI=1S/C25H31N3O3S/c29-23(12-4-9-20-7-2-1-3-8-20)26-14-16-27(17-15-26)24(30)21-10-5-13-28(19-21)25(31)22-11-6-18-32-22/h1-3,6-8,11,18,21H,4-5,9-10,12-17,19H2. The number of rotatable bonds is 6. The molecule has 1 aromatic carbocycles. The van der Waals surface area contributed by atoms with Crippen molar-refractivity contribution in [3.05, 3.63) is 58.3 Å². The van der Waals surface area contributed by atoms with Gasteiger partial charge in [0.25, 0.3) is 5.91 Å². The second-order valence-electron chi connectivity index (χ2n) is 8.61. The quantitative estimate of drug-likeness (QED) is 0.674. The van der Waals surface area contributed by atoms with E-state index in [4.69, 9.17) is 0 Å². The summed E-state index contributed by atoms with van der Waals surface area (Å²) in [4.78, 5) is 44.7. The number of nitrogens with zero attached hydrogens (tertiary/aromatic N) is 3. The summed E-state index contributed by atoms with van der Waals surface area (Å²) in [5.41, 5.74) is 1.26. The van der Waals surface area contributed by atoms with Crippen molar-refractivity contribution >= 4 is 29.1 Å². The van der Waals surface area contributed by atoms with Gasteiger partial charge in [-0.25, -0.2) is 0 Å². The van der Waals surface area contributed by atoms with Gasteiger partial charge in [0.2, 0.25) is 11.8 Å². The zero-order chi connectivity index (χ0) is 22.3. The highest BCUT2D eigenvalue weighted by Crippen LogP contribution is 2.23. The van der Waals surface area contributed by atoms with Crippen molar-refractivity contribution in [2.75, 3.05) is 39.3 Å². The summed E-state index contributed by atoms with van der Waals surface area (Å²) in [5.74, 6) is 0.201. The summed E-state index contributed by atoms with van der Waals surface area (Å²) in [6.07, 6.45) is 3.98. The van der Waals surface area contributed by atoms with Gasteiger partial charge in [0.15, 0.2) is 0 Å². The molecule has 2 aliphatic rings. The number of hydrogen-bond donors (Lipinski definition) is 0. The highest BCUT2D eigenvalue weighted by molar-refractivity contribution is 7.12. The van der Waals surface area contributed by atoms with E-state index in [2.05, 4.69) is 12.1 Å². The van der Waals surface area contributed by atoms with Gasteiger partial charge >= 0.3 is 0 Å². The van der Waals surface area contributed by atoms with E-state index in [9.17, 15) is 14.4 Å². The van der Waals surface area contributed by atoms with Crippen molar-refractivity contribution in [3.8, 4) is 0 Å². The fourth-order valence-electron chi connectivity index (χ4n) is 4.60. The summed E-state index contributed by atoms with van der Waals surface area (Å²) in [6, 6.07) is 14.0. The molecule has 2 aliphatic heterocycles. The predicted octanol–water partition coefficient (Wildman–Crippen LogP) is 3.29. The summed E-state index contributed by atoms with van der Waals surface area (Å²) >= 11 is 1.45. The number of likely N-dealkylation sites (tertiary alicyclic amines) is 1. The van der Waals surface area contributed by atoms with Crippen LogP contribution in [0.15, 0.2) is 47.8 Å². The van der Waals surface area contributed by atoms with E-state index in [0.717, 1.165) is 30.6 Å². The topological polar surface area (TPSA) is 60.9 Å². The van der Waals surface area contributed by atoms with Crippen molar-refractivity contribution in [2.45, 2.75) is 32.1 Å². The van der Waals surface area contributed by atoms with Crippen LogP contribution in [0.25, 0.3) is 0 Å². The summed E-state index contributed by atoms with van der Waals surface area (Å²) in [6.45, 7) is 3.57. The molecule has 1 aromatic heterocycles. The minimum atomic E-state index is -0.138. The number of piperazine rings is 1. The van der Waals surface area contributed by atoms with Crippen molar-refractivity contribution in [2.24, 2.45) is 5.92 Å². The lowest BCUT2D eigenvalue weighted by molar-refractivity contribution is -0.143. The van der Waals surface area contributed by atoms with Crippen molar-refractivity contribution in [1.29, 1.82) is 0 Å². The van der Waals surface area contributed by atoms with Crippen LogP contribution in [0.4, 0.5) is 0 Å². The van der Waals surface area contributed by atoms with Crippen molar-refractivity contribution in [1.82, 2.24) is 14.7 Å². The van der Waals surface area contributed by atoms with E-state index in [0.29, 0.717) is 45.7 Å². The molecule has 170 valence electrons. The average Bonchev–Trinajstić information content (AvgIpc) is 3.39. The molecule has 0 bridgehead atoms.